The predicted octanol–water partition coefficient (Wildman–Crippen LogP) is -8.63. The molecule has 3 aromatic rings. The highest BCUT2D eigenvalue weighted by atomic mass is 32.2. The molecule has 682 valence electrons. The lowest BCUT2D eigenvalue weighted by atomic mass is 10.0. The zero-order chi connectivity index (χ0) is 92.4. The smallest absolute Gasteiger partial charge is 0.325 e. The molecule has 45 nitrogen and oxygen atoms in total. The van der Waals surface area contributed by atoms with Crippen LogP contribution in [-0.2, 0) is 110 Å². The van der Waals surface area contributed by atoms with Gasteiger partial charge in [-0.05, 0) is 86.1 Å². The summed E-state index contributed by atoms with van der Waals surface area (Å²) in [5.74, 6) is -16.3. The van der Waals surface area contributed by atoms with Gasteiger partial charge in [-0.2, -0.15) is 0 Å². The van der Waals surface area contributed by atoms with Crippen LogP contribution in [0.15, 0.2) is 84.9 Å². The quantitative estimate of drug-likeness (QED) is 0.0108. The van der Waals surface area contributed by atoms with Gasteiger partial charge in [0.05, 0.1) is 52.5 Å². The van der Waals surface area contributed by atoms with Crippen LogP contribution in [0.3, 0.4) is 0 Å². The molecule has 0 saturated carbocycles. The second-order valence-electron chi connectivity index (χ2n) is 29.1. The molecule has 10 atom stereocenters. The number of hydrogen-bond donors (Lipinski definition) is 26. The average Bonchev–Trinajstić information content (AvgIpc) is 0.856. The van der Waals surface area contributed by atoms with Crippen LogP contribution in [0, 0.1) is 22.7 Å². The van der Waals surface area contributed by atoms with Gasteiger partial charge in [0.2, 0.25) is 99.6 Å². The van der Waals surface area contributed by atoms with E-state index in [0.717, 1.165) is 0 Å². The lowest BCUT2D eigenvalue weighted by Gasteiger charge is -2.28. The zero-order valence-electron chi connectivity index (χ0n) is 69.8. The molecule has 0 aliphatic rings. The number of aromatic hydroxyl groups is 1. The van der Waals surface area contributed by atoms with Crippen molar-refractivity contribution in [2.24, 2.45) is 29.0 Å². The molecule has 0 bridgehead atoms. The second kappa shape index (κ2) is 57.2. The minimum atomic E-state index is -1.84. The number of ether oxygens (including phenoxy) is 1. The van der Waals surface area contributed by atoms with E-state index in [1.54, 1.807) is 88.4 Å². The van der Waals surface area contributed by atoms with Crippen LogP contribution >= 0.6 is 11.8 Å². The Labute approximate surface area is 719 Å². The summed E-state index contributed by atoms with van der Waals surface area (Å²) in [6, 6.07) is 7.98. The first-order valence-electron chi connectivity index (χ1n) is 39.7. The number of amides is 16. The number of phenolic OH excluding ortho intramolecular Hbond substituents is 1. The highest BCUT2D eigenvalue weighted by Crippen LogP contribution is 2.15. The third-order valence-corrected chi connectivity index (χ3v) is 18.5. The van der Waals surface area contributed by atoms with Crippen molar-refractivity contribution in [3.8, 4) is 5.75 Å². The van der Waals surface area contributed by atoms with Gasteiger partial charge < -0.3 is 133 Å². The highest BCUT2D eigenvalue weighted by Gasteiger charge is 2.36. The summed E-state index contributed by atoms with van der Waals surface area (Å²) in [7, 11) is 0. The highest BCUT2D eigenvalue weighted by molar-refractivity contribution is 8.13. The van der Waals surface area contributed by atoms with Crippen LogP contribution in [0.4, 0.5) is 0 Å². The number of nitrogens with one attached hydrogen (secondary N) is 20. The van der Waals surface area contributed by atoms with Gasteiger partial charge in [-0.15, -0.1) is 0 Å². The molecule has 0 radical (unpaired) electrons. The average molecular weight is 1760 g/mol. The summed E-state index contributed by atoms with van der Waals surface area (Å²) >= 11 is 0.655. The van der Waals surface area contributed by atoms with Crippen LogP contribution in [0.1, 0.15) is 96.8 Å². The van der Waals surface area contributed by atoms with E-state index in [4.69, 9.17) is 32.8 Å². The number of nitrogens with two attached hydrogens (primary N) is 3. The predicted molar refractivity (Wildman–Crippen MR) is 450 cm³/mol. The van der Waals surface area contributed by atoms with E-state index in [1.807, 2.05) is 0 Å². The largest absolute Gasteiger partial charge is 0.508 e. The molecule has 0 fully saturated rings. The Hall–Kier alpha value is -13.1. The molecule has 0 unspecified atom stereocenters. The lowest BCUT2D eigenvalue weighted by molar-refractivity contribution is -0.143. The molecule has 16 amide bonds. The van der Waals surface area contributed by atoms with Crippen molar-refractivity contribution in [3.05, 3.63) is 102 Å². The number of aliphatic hydroxyl groups excluding tert-OH is 2. The molecule has 3 aromatic carbocycles. The standard InChI is InChI=1S/C78H117N23O22S/c1-43(2)29-53(97-74(120)57(32-48-17-11-8-12-18-48)94-64(110)38-87-61(107)35-89-69(115)55(93-60(106)34-79)33-49-21-23-50(105)24-22-49)68(114)91-39-65(111)123-27-28-124-66(112)40-88-62(108)36-90-70(116)56(31-47-15-9-7-10-16-47)99-76(122)59(42-103)101-72(118)52(20-14-26-85-78(82)83)95-71(117)51(19-13-25-84-77(80)81)96-73(119)54(30-44(3)4)98-75(121)58(41-102)100-67(113)45(5)92-63(109)37-86-46(6)104/h7-12,15-18,21-24,43-45,51-59,102-103,105H,13-14,19-20,25-42,79H2,1-6H3,(H,86,104)(H,87,107)(H,88,108)(H,89,115)(H,90,116)(H,91,114)(H,92,109)(H,93,106)(H,94,110)(H,95,117)(H,96,119)(H,97,120)(H,98,121)(H,99,122)(H,100,113)(H,101,118)(H4,80,81,84)(H4,82,83,85)/t45-,51-,52-,53-,54-,55-,56-,57-,58-,59-/m0/s1. The molecular formula is C78H117N23O22S. The van der Waals surface area contributed by atoms with Crippen LogP contribution in [0.5, 0.6) is 5.75 Å². The summed E-state index contributed by atoms with van der Waals surface area (Å²) < 4.78 is 5.20. The van der Waals surface area contributed by atoms with Gasteiger partial charge in [-0.25, -0.2) is 0 Å². The number of aliphatic hydroxyl groups is 2. The van der Waals surface area contributed by atoms with Crippen LogP contribution < -0.4 is 113 Å². The van der Waals surface area contributed by atoms with Gasteiger partial charge in [0.15, 0.2) is 11.9 Å². The Kier molecular flexibility index (Phi) is 48.5. The summed E-state index contributed by atoms with van der Waals surface area (Å²) in [6.07, 6.45) is -0.704. The van der Waals surface area contributed by atoms with Gasteiger partial charge in [0.25, 0.3) is 0 Å². The van der Waals surface area contributed by atoms with Crippen molar-refractivity contribution < 1.29 is 106 Å². The van der Waals surface area contributed by atoms with Crippen molar-refractivity contribution in [2.75, 3.05) is 84.5 Å². The topological polar surface area (TPSA) is 719 Å². The van der Waals surface area contributed by atoms with E-state index in [1.165, 1.54) is 38.1 Å². The minimum Gasteiger partial charge on any atom is -0.508 e. The van der Waals surface area contributed by atoms with Crippen LogP contribution in [0.25, 0.3) is 0 Å². The molecule has 29 N–H and O–H groups in total. The molecule has 0 saturated heterocycles. The van der Waals surface area contributed by atoms with Gasteiger partial charge in [-0.3, -0.25) is 97.1 Å². The van der Waals surface area contributed by atoms with E-state index < -0.39 is 237 Å². The van der Waals surface area contributed by atoms with Crippen molar-refractivity contribution in [3.63, 3.8) is 0 Å². The molecule has 124 heavy (non-hydrogen) atoms. The van der Waals surface area contributed by atoms with Crippen LogP contribution in [-0.4, -0.2) is 278 Å². The number of phenols is 1. The summed E-state index contributed by atoms with van der Waals surface area (Å²) in [6.45, 7) is 2.76. The number of benzene rings is 3. The summed E-state index contributed by atoms with van der Waals surface area (Å²) in [4.78, 5) is 239. The van der Waals surface area contributed by atoms with E-state index >= 15 is 0 Å². The first-order chi connectivity index (χ1) is 58.8. The van der Waals surface area contributed by atoms with Crippen molar-refractivity contribution in [2.45, 2.75) is 160 Å². The maximum absolute atomic E-state index is 14.4. The molecule has 0 aliphatic heterocycles. The third-order valence-electron chi connectivity index (χ3n) is 17.6. The number of rotatable bonds is 56. The monoisotopic (exact) mass is 1760 g/mol. The lowest BCUT2D eigenvalue weighted by Crippen LogP contribution is -2.61. The zero-order valence-corrected chi connectivity index (χ0v) is 70.6. The summed E-state index contributed by atoms with van der Waals surface area (Å²) in [5.41, 5.74) is 18.0. The molecule has 0 aromatic heterocycles. The first kappa shape index (κ1) is 105. The van der Waals surface area contributed by atoms with Gasteiger partial charge in [0, 0.05) is 45.0 Å². The number of guanidine groups is 2. The van der Waals surface area contributed by atoms with Crippen molar-refractivity contribution in [1.82, 2.24) is 95.7 Å². The first-order valence-corrected chi connectivity index (χ1v) is 40.6. The molecule has 3 rings (SSSR count). The number of carbonyl (C=O) groups excluding carboxylic acids is 18. The maximum atomic E-state index is 14.4. The van der Waals surface area contributed by atoms with Gasteiger partial charge in [0.1, 0.15) is 79.3 Å². The van der Waals surface area contributed by atoms with Crippen molar-refractivity contribution in [1.29, 1.82) is 10.8 Å². The van der Waals surface area contributed by atoms with Gasteiger partial charge in [-0.1, -0.05) is 112 Å². The Morgan fingerprint density at radius 1 is 0.387 bits per heavy atom. The fourth-order valence-corrected chi connectivity index (χ4v) is 11.9. The van der Waals surface area contributed by atoms with E-state index in [0.29, 0.717) is 28.5 Å². The third kappa shape index (κ3) is 43.9. The van der Waals surface area contributed by atoms with Gasteiger partial charge >= 0.3 is 5.97 Å². The Morgan fingerprint density at radius 2 is 0.742 bits per heavy atom. The molecule has 46 heteroatoms. The number of carbonyl (C=O) groups is 18. The van der Waals surface area contributed by atoms with Crippen LogP contribution in [0.2, 0.25) is 0 Å². The Bertz CT molecular complexity index is 4110. The molecule has 0 heterocycles. The Morgan fingerprint density at radius 3 is 1.20 bits per heavy atom. The SMILES string of the molecule is CC(=O)NCC(=O)N[C@@H](C)C(=O)N[C@@H](CO)C(=O)N[C@@H](CC(C)C)C(=O)N[C@@H](CCCNC(=N)N)C(=O)N[C@@H](CCCNC(=N)N)C(=O)N[C@@H](CO)C(=O)N[C@@H](Cc1ccccc1)C(=O)NCC(=O)NCC(=O)SCCOC(=O)CNC(=O)[C@H](CC(C)C)NC(=O)[C@H](Cc1ccccc1)NC(=O)CNC(=O)CNC(=O)[C@H](Cc1ccc(O)cc1)NC(=O)CN. The fourth-order valence-electron chi connectivity index (χ4n) is 11.3. The number of esters is 1. The Balaban J connectivity index is 1.63. The second-order valence-corrected chi connectivity index (χ2v) is 30.2. The van der Waals surface area contributed by atoms with E-state index in [2.05, 4.69) is 95.7 Å². The van der Waals surface area contributed by atoms with Crippen molar-refractivity contribution >= 4 is 129 Å². The minimum absolute atomic E-state index is 0.0000488. The van der Waals surface area contributed by atoms with E-state index in [-0.39, 0.29) is 101 Å². The fraction of sp³-hybridized carbons (Fsp3) is 0.513. The normalized spacial score (nSPS) is 13.2. The number of hydrogen-bond acceptors (Lipinski definition) is 26. The maximum Gasteiger partial charge on any atom is 0.325 e. The molecule has 0 aliphatic carbocycles. The van der Waals surface area contributed by atoms with E-state index in [9.17, 15) is 102 Å². The summed E-state index contributed by atoms with van der Waals surface area (Å²) in [5, 5.41) is 88.9. The number of thioether (sulfide) groups is 1. The molecule has 0 spiro atoms. The molecular weight excluding hydrogens is 1640 g/mol.